The van der Waals surface area contributed by atoms with Crippen LogP contribution in [0.4, 0.5) is 16.3 Å². The molecule has 9 heteroatoms. The Morgan fingerprint density at radius 3 is 2.90 bits per heavy atom. The predicted molar refractivity (Wildman–Crippen MR) is 118 cm³/mol. The lowest BCUT2D eigenvalue weighted by molar-refractivity contribution is 0.0291. The molecule has 1 atom stereocenters. The van der Waals surface area contributed by atoms with Crippen molar-refractivity contribution in [2.45, 2.75) is 25.0 Å². The van der Waals surface area contributed by atoms with Gasteiger partial charge in [0, 0.05) is 19.8 Å². The Morgan fingerprint density at radius 2 is 2.13 bits per heavy atom. The predicted octanol–water partition coefficient (Wildman–Crippen LogP) is 0.562. The molecule has 2 fully saturated rings. The summed E-state index contributed by atoms with van der Waals surface area (Å²) in [5, 5.41) is 13.9. The number of likely N-dealkylation sites (tertiary alicyclic amines) is 1. The number of hydrogen-bond donors (Lipinski definition) is 1. The molecule has 1 N–H and O–H groups in total. The first kappa shape index (κ1) is 18.9. The molecule has 1 aromatic carbocycles. The van der Waals surface area contributed by atoms with Gasteiger partial charge in [-0.25, -0.2) is 14.3 Å². The van der Waals surface area contributed by atoms with Crippen molar-refractivity contribution in [3.63, 3.8) is 0 Å². The molecule has 0 spiro atoms. The van der Waals surface area contributed by atoms with E-state index >= 15 is 0 Å². The molecule has 154 valence electrons. The maximum atomic E-state index is 12.7. The smallest absolute Gasteiger partial charge is 0.324 e. The summed E-state index contributed by atoms with van der Waals surface area (Å²) in [6, 6.07) is 10.8. The van der Waals surface area contributed by atoms with Gasteiger partial charge in [0.2, 0.25) is 0 Å². The van der Waals surface area contributed by atoms with Gasteiger partial charge in [0.15, 0.2) is 5.65 Å². The van der Waals surface area contributed by atoms with Crippen molar-refractivity contribution in [1.29, 1.82) is 0 Å². The highest BCUT2D eigenvalue weighted by Crippen LogP contribution is 2.35. The van der Waals surface area contributed by atoms with Crippen LogP contribution >= 0.6 is 0 Å². The number of benzene rings is 1. The van der Waals surface area contributed by atoms with E-state index in [4.69, 9.17) is 4.98 Å². The van der Waals surface area contributed by atoms with E-state index in [1.54, 1.807) is 27.6 Å². The van der Waals surface area contributed by atoms with Gasteiger partial charge in [0.25, 0.3) is 0 Å². The van der Waals surface area contributed by atoms with Gasteiger partial charge >= 0.3 is 6.03 Å². The number of carbonyl (C=O) groups excluding carboxylic acids is 1. The third-order valence-corrected chi connectivity index (χ3v) is 6.09. The molecule has 0 bridgehead atoms. The summed E-state index contributed by atoms with van der Waals surface area (Å²) in [6.07, 6.45) is 5.36. The van der Waals surface area contributed by atoms with E-state index in [9.17, 15) is 9.90 Å². The summed E-state index contributed by atoms with van der Waals surface area (Å²) in [5.74, 6) is 0.897. The number of hydrogen-bond acceptors (Lipinski definition) is 5. The summed E-state index contributed by atoms with van der Waals surface area (Å²) < 4.78 is 1.70. The number of nitrogens with zero attached hydrogens (tertiary/aromatic N) is 6. The van der Waals surface area contributed by atoms with Crippen LogP contribution in [0, 0.1) is 0 Å². The summed E-state index contributed by atoms with van der Waals surface area (Å²) in [5.41, 5.74) is 3.89. The normalized spacial score (nSPS) is 19.3. The number of rotatable bonds is 3. The van der Waals surface area contributed by atoms with E-state index in [0.29, 0.717) is 30.5 Å². The maximum absolute atomic E-state index is 12.7. The minimum atomic E-state index is -0.426. The third kappa shape index (κ3) is 3.19. The third-order valence-electron chi connectivity index (χ3n) is 6.09. The molecular formula is C21H25BN6O2. The van der Waals surface area contributed by atoms with Gasteiger partial charge in [-0.15, -0.1) is 0 Å². The van der Waals surface area contributed by atoms with Gasteiger partial charge in [0.05, 0.1) is 31.4 Å². The Balaban J connectivity index is 1.46. The lowest BCUT2D eigenvalue weighted by atomic mass is 9.92. The minimum Gasteiger partial charge on any atom is -0.389 e. The summed E-state index contributed by atoms with van der Waals surface area (Å²) in [6.45, 7) is 1.69. The van der Waals surface area contributed by atoms with Crippen molar-refractivity contribution in [3.8, 4) is 0 Å². The number of amides is 2. The Hall–Kier alpha value is -3.07. The molecule has 2 aromatic heterocycles. The van der Waals surface area contributed by atoms with Gasteiger partial charge in [-0.2, -0.15) is 5.10 Å². The molecule has 0 saturated carbocycles. The molecule has 0 aliphatic carbocycles. The van der Waals surface area contributed by atoms with Crippen molar-refractivity contribution in [3.05, 3.63) is 48.3 Å². The van der Waals surface area contributed by atoms with Gasteiger partial charge in [0.1, 0.15) is 19.4 Å². The Bertz CT molecular complexity index is 1100. The molecule has 2 amide bonds. The van der Waals surface area contributed by atoms with Crippen molar-refractivity contribution in [1.82, 2.24) is 19.5 Å². The van der Waals surface area contributed by atoms with Crippen LogP contribution in [-0.4, -0.2) is 71.3 Å². The molecular weight excluding hydrogens is 379 g/mol. The number of anilines is 2. The molecule has 4 heterocycles. The van der Waals surface area contributed by atoms with E-state index < -0.39 is 6.10 Å². The average molecular weight is 404 g/mol. The van der Waals surface area contributed by atoms with Crippen LogP contribution in [0.3, 0.4) is 0 Å². The van der Waals surface area contributed by atoms with Crippen molar-refractivity contribution >= 4 is 36.5 Å². The molecule has 2 aliphatic heterocycles. The van der Waals surface area contributed by atoms with Crippen molar-refractivity contribution < 1.29 is 9.90 Å². The minimum absolute atomic E-state index is 0.152. The van der Waals surface area contributed by atoms with Crippen LogP contribution in [0.2, 0.25) is 0 Å². The number of aromatic nitrogens is 3. The SMILES string of the molecule is Bc1cccc(C2CCCN2c2ccn3ncc(N(C)C(=O)N4CC(O)C4)c3n2)c1. The van der Waals surface area contributed by atoms with E-state index in [-0.39, 0.29) is 6.03 Å². The first-order chi connectivity index (χ1) is 14.5. The monoisotopic (exact) mass is 404 g/mol. The van der Waals surface area contributed by atoms with E-state index in [2.05, 4.69) is 42.1 Å². The second kappa shape index (κ2) is 7.32. The van der Waals surface area contributed by atoms with Gasteiger partial charge in [-0.3, -0.25) is 4.90 Å². The number of aliphatic hydroxyl groups excluding tert-OH is 1. The zero-order chi connectivity index (χ0) is 20.8. The quantitative estimate of drug-likeness (QED) is 0.646. The number of carbonyl (C=O) groups is 1. The number of fused-ring (bicyclic) bond motifs is 1. The highest BCUT2D eigenvalue weighted by atomic mass is 16.3. The highest BCUT2D eigenvalue weighted by Gasteiger charge is 2.32. The van der Waals surface area contributed by atoms with E-state index in [1.165, 1.54) is 11.0 Å². The van der Waals surface area contributed by atoms with Crippen LogP contribution in [-0.2, 0) is 0 Å². The van der Waals surface area contributed by atoms with Crippen molar-refractivity contribution in [2.24, 2.45) is 0 Å². The fraction of sp³-hybridized carbons (Fsp3) is 0.381. The summed E-state index contributed by atoms with van der Waals surface area (Å²) in [7, 11) is 3.85. The molecule has 3 aromatic rings. The summed E-state index contributed by atoms with van der Waals surface area (Å²) >= 11 is 0. The van der Waals surface area contributed by atoms with Crippen LogP contribution in [0.15, 0.2) is 42.7 Å². The van der Waals surface area contributed by atoms with Crippen LogP contribution in [0.25, 0.3) is 5.65 Å². The molecule has 2 aliphatic rings. The largest absolute Gasteiger partial charge is 0.389 e. The number of aliphatic hydroxyl groups is 1. The second-order valence-electron chi connectivity index (χ2n) is 8.25. The molecule has 5 rings (SSSR count). The Labute approximate surface area is 176 Å². The van der Waals surface area contributed by atoms with Crippen molar-refractivity contribution in [2.75, 3.05) is 36.5 Å². The Kier molecular flexibility index (Phi) is 4.62. The van der Waals surface area contributed by atoms with Crippen LogP contribution in [0.1, 0.15) is 24.4 Å². The van der Waals surface area contributed by atoms with Gasteiger partial charge in [-0.1, -0.05) is 29.7 Å². The molecule has 1 unspecified atom stereocenters. The molecule has 8 nitrogen and oxygen atoms in total. The molecule has 0 radical (unpaired) electrons. The summed E-state index contributed by atoms with van der Waals surface area (Å²) in [4.78, 5) is 23.1. The lowest BCUT2D eigenvalue weighted by Gasteiger charge is -2.38. The highest BCUT2D eigenvalue weighted by molar-refractivity contribution is 6.32. The fourth-order valence-electron chi connectivity index (χ4n) is 4.44. The van der Waals surface area contributed by atoms with Gasteiger partial charge < -0.3 is 14.9 Å². The number of urea groups is 1. The van der Waals surface area contributed by atoms with E-state index in [1.807, 2.05) is 12.3 Å². The zero-order valence-electron chi connectivity index (χ0n) is 17.3. The van der Waals surface area contributed by atoms with Crippen LogP contribution in [0.5, 0.6) is 0 Å². The lowest BCUT2D eigenvalue weighted by Crippen LogP contribution is -2.57. The molecule has 30 heavy (non-hydrogen) atoms. The average Bonchev–Trinajstić information content (AvgIpc) is 3.37. The molecule has 2 saturated heterocycles. The van der Waals surface area contributed by atoms with Crippen LogP contribution < -0.4 is 15.3 Å². The van der Waals surface area contributed by atoms with Gasteiger partial charge in [-0.05, 0) is 24.5 Å². The maximum Gasteiger partial charge on any atom is 0.324 e. The topological polar surface area (TPSA) is 77.2 Å². The first-order valence-corrected chi connectivity index (χ1v) is 10.4. The number of β-amino-alcohol motifs (C(OH)–C–C–N with tert-alkyl or cyclic N) is 1. The zero-order valence-corrected chi connectivity index (χ0v) is 17.3. The Morgan fingerprint density at radius 1 is 1.30 bits per heavy atom. The second-order valence-corrected chi connectivity index (χ2v) is 8.25. The fourth-order valence-corrected chi connectivity index (χ4v) is 4.44. The first-order valence-electron chi connectivity index (χ1n) is 10.4. The standard InChI is InChI=1S/C21H25BN6O2/c1-25(21(30)26-12-16(29)13-26)18-11-23-28-9-7-19(24-20(18)28)27-8-3-6-17(27)14-4-2-5-15(22)10-14/h2,4-5,7,9-11,16-17,29H,3,6,8,12-13,22H2,1H3. The van der Waals surface area contributed by atoms with E-state index in [0.717, 1.165) is 25.2 Å².